The molecule has 0 amide bonds. The van der Waals surface area contributed by atoms with Gasteiger partial charge in [0.2, 0.25) is 0 Å². The Bertz CT molecular complexity index is 692. The van der Waals surface area contributed by atoms with Gasteiger partial charge < -0.3 is 0 Å². The Hall–Kier alpha value is -1.68. The van der Waals surface area contributed by atoms with Crippen LogP contribution < -0.4 is 0 Å². The van der Waals surface area contributed by atoms with Crippen LogP contribution >= 0.6 is 11.8 Å². The lowest BCUT2D eigenvalue weighted by Gasteiger charge is -2.29. The Morgan fingerprint density at radius 3 is 2.52 bits per heavy atom. The van der Waals surface area contributed by atoms with Gasteiger partial charge in [-0.1, -0.05) is 26.0 Å². The van der Waals surface area contributed by atoms with Crippen molar-refractivity contribution in [1.82, 2.24) is 9.97 Å². The predicted molar refractivity (Wildman–Crippen MR) is 85.7 cm³/mol. The van der Waals surface area contributed by atoms with Crippen molar-refractivity contribution in [3.63, 3.8) is 0 Å². The lowest BCUT2D eigenvalue weighted by atomic mass is 9.76. The van der Waals surface area contributed by atoms with E-state index in [4.69, 9.17) is 0 Å². The number of benzene rings is 1. The monoisotopic (exact) mass is 298 g/mol. The van der Waals surface area contributed by atoms with Crippen LogP contribution in [0.25, 0.3) is 11.4 Å². The highest BCUT2D eigenvalue weighted by Crippen LogP contribution is 2.34. The van der Waals surface area contributed by atoms with Crippen molar-refractivity contribution in [3.8, 4) is 11.4 Å². The van der Waals surface area contributed by atoms with Crippen LogP contribution in [0.5, 0.6) is 0 Å². The molecule has 0 N–H and O–H groups in total. The van der Waals surface area contributed by atoms with E-state index in [-0.39, 0.29) is 11.2 Å². The van der Waals surface area contributed by atoms with Gasteiger partial charge in [-0.3, -0.25) is 4.79 Å². The second-order valence-electron chi connectivity index (χ2n) is 6.22. The van der Waals surface area contributed by atoms with Crippen LogP contribution in [-0.2, 0) is 6.42 Å². The van der Waals surface area contributed by atoms with Gasteiger partial charge in [0.25, 0.3) is 0 Å². The Labute approximate surface area is 129 Å². The number of Topliss-reactive ketones (excluding diaryl/α,β-unsaturated/α-hetero) is 1. The summed E-state index contributed by atoms with van der Waals surface area (Å²) in [6, 6.07) is 8.20. The standard InChI is InChI=1S/C17H18N2OS/c1-17(2)8-14-13(15(20)9-17)10-18-16(19-14)11-4-6-12(21-3)7-5-11/h4-7,10H,8-9H2,1-3H3. The van der Waals surface area contributed by atoms with E-state index >= 15 is 0 Å². The van der Waals surface area contributed by atoms with E-state index in [1.54, 1.807) is 18.0 Å². The number of rotatable bonds is 2. The molecule has 108 valence electrons. The van der Waals surface area contributed by atoms with Gasteiger partial charge in [0, 0.05) is 23.1 Å². The molecule has 1 aliphatic carbocycles. The molecule has 1 aliphatic rings. The first kappa shape index (κ1) is 14.3. The number of nitrogens with zero attached hydrogens (tertiary/aromatic N) is 2. The van der Waals surface area contributed by atoms with Crippen LogP contribution in [0.15, 0.2) is 35.4 Å². The fraction of sp³-hybridized carbons (Fsp3) is 0.353. The summed E-state index contributed by atoms with van der Waals surface area (Å²) in [5.41, 5.74) is 2.55. The zero-order chi connectivity index (χ0) is 15.0. The zero-order valence-corrected chi connectivity index (χ0v) is 13.3. The minimum atomic E-state index is -0.0155. The zero-order valence-electron chi connectivity index (χ0n) is 12.5. The lowest BCUT2D eigenvalue weighted by Crippen LogP contribution is -2.28. The number of hydrogen-bond acceptors (Lipinski definition) is 4. The summed E-state index contributed by atoms with van der Waals surface area (Å²) in [5, 5.41) is 0. The molecule has 1 aromatic carbocycles. The molecule has 0 spiro atoms. The molecule has 0 fully saturated rings. The molecule has 1 aromatic heterocycles. The van der Waals surface area contributed by atoms with Crippen molar-refractivity contribution >= 4 is 17.5 Å². The first-order valence-electron chi connectivity index (χ1n) is 7.02. The summed E-state index contributed by atoms with van der Waals surface area (Å²) in [5.74, 6) is 0.859. The van der Waals surface area contributed by atoms with Gasteiger partial charge in [-0.15, -0.1) is 11.8 Å². The van der Waals surface area contributed by atoms with Crippen LogP contribution in [0.4, 0.5) is 0 Å². The maximum Gasteiger partial charge on any atom is 0.166 e. The molecule has 0 aliphatic heterocycles. The van der Waals surface area contributed by atoms with E-state index in [9.17, 15) is 4.79 Å². The maximum atomic E-state index is 12.1. The van der Waals surface area contributed by atoms with Gasteiger partial charge >= 0.3 is 0 Å². The molecule has 0 radical (unpaired) electrons. The van der Waals surface area contributed by atoms with Crippen LogP contribution in [0.3, 0.4) is 0 Å². The highest BCUT2D eigenvalue weighted by Gasteiger charge is 2.32. The fourth-order valence-corrected chi connectivity index (χ4v) is 3.12. The predicted octanol–water partition coefficient (Wildman–Crippen LogP) is 4.02. The van der Waals surface area contributed by atoms with Crippen molar-refractivity contribution in [2.75, 3.05) is 6.26 Å². The minimum Gasteiger partial charge on any atom is -0.294 e. The lowest BCUT2D eigenvalue weighted by molar-refractivity contribution is 0.0910. The fourth-order valence-electron chi connectivity index (χ4n) is 2.71. The van der Waals surface area contributed by atoms with Crippen molar-refractivity contribution in [2.45, 2.75) is 31.6 Å². The smallest absolute Gasteiger partial charge is 0.166 e. The second kappa shape index (κ2) is 5.26. The van der Waals surface area contributed by atoms with Gasteiger partial charge in [-0.05, 0) is 30.2 Å². The summed E-state index contributed by atoms with van der Waals surface area (Å²) in [6.07, 6.45) is 5.15. The van der Waals surface area contributed by atoms with Crippen LogP contribution in [0.1, 0.15) is 36.3 Å². The van der Waals surface area contributed by atoms with Gasteiger partial charge in [0.1, 0.15) is 0 Å². The highest BCUT2D eigenvalue weighted by molar-refractivity contribution is 7.98. The summed E-state index contributed by atoms with van der Waals surface area (Å²) >= 11 is 1.71. The van der Waals surface area contributed by atoms with E-state index in [0.29, 0.717) is 17.8 Å². The van der Waals surface area contributed by atoms with Crippen LogP contribution in [0.2, 0.25) is 0 Å². The molecule has 0 saturated heterocycles. The number of hydrogen-bond donors (Lipinski definition) is 0. The molecule has 0 bridgehead atoms. The molecule has 0 atom stereocenters. The minimum absolute atomic E-state index is 0.0155. The Balaban J connectivity index is 2.00. The molecular formula is C17H18N2OS. The third-order valence-corrected chi connectivity index (χ3v) is 4.54. The number of fused-ring (bicyclic) bond motifs is 1. The third kappa shape index (κ3) is 2.86. The topological polar surface area (TPSA) is 42.9 Å². The summed E-state index contributed by atoms with van der Waals surface area (Å²) in [6.45, 7) is 4.23. The third-order valence-electron chi connectivity index (χ3n) is 3.80. The Morgan fingerprint density at radius 2 is 1.86 bits per heavy atom. The molecule has 2 aromatic rings. The number of thioether (sulfide) groups is 1. The van der Waals surface area contributed by atoms with Gasteiger partial charge in [0.05, 0.1) is 11.3 Å². The summed E-state index contributed by atoms with van der Waals surface area (Å²) < 4.78 is 0. The van der Waals surface area contributed by atoms with E-state index < -0.39 is 0 Å². The second-order valence-corrected chi connectivity index (χ2v) is 7.10. The van der Waals surface area contributed by atoms with Crippen molar-refractivity contribution in [2.24, 2.45) is 5.41 Å². The number of aromatic nitrogens is 2. The first-order valence-corrected chi connectivity index (χ1v) is 8.24. The molecule has 0 unspecified atom stereocenters. The van der Waals surface area contributed by atoms with Crippen LogP contribution in [0, 0.1) is 5.41 Å². The first-order chi connectivity index (χ1) is 9.98. The molecule has 21 heavy (non-hydrogen) atoms. The van der Waals surface area contributed by atoms with E-state index in [2.05, 4.69) is 42.2 Å². The van der Waals surface area contributed by atoms with E-state index in [1.165, 1.54) is 4.90 Å². The van der Waals surface area contributed by atoms with E-state index in [0.717, 1.165) is 17.7 Å². The Kier molecular flexibility index (Phi) is 3.57. The van der Waals surface area contributed by atoms with Crippen molar-refractivity contribution < 1.29 is 4.79 Å². The SMILES string of the molecule is CSc1ccc(-c2ncc3c(n2)CC(C)(C)CC3=O)cc1. The molecule has 1 heterocycles. The number of carbonyl (C=O) groups excluding carboxylic acids is 1. The highest BCUT2D eigenvalue weighted by atomic mass is 32.2. The van der Waals surface area contributed by atoms with Crippen LogP contribution in [-0.4, -0.2) is 22.0 Å². The largest absolute Gasteiger partial charge is 0.294 e. The van der Waals surface area contributed by atoms with Crippen molar-refractivity contribution in [3.05, 3.63) is 41.7 Å². The Morgan fingerprint density at radius 1 is 1.14 bits per heavy atom. The summed E-state index contributed by atoms with van der Waals surface area (Å²) in [4.78, 5) is 22.4. The van der Waals surface area contributed by atoms with Gasteiger partial charge in [-0.25, -0.2) is 9.97 Å². The van der Waals surface area contributed by atoms with Crippen molar-refractivity contribution in [1.29, 1.82) is 0 Å². The molecular weight excluding hydrogens is 280 g/mol. The maximum absolute atomic E-state index is 12.1. The average Bonchev–Trinajstić information content (AvgIpc) is 2.45. The van der Waals surface area contributed by atoms with E-state index in [1.807, 2.05) is 12.1 Å². The molecule has 4 heteroatoms. The number of carbonyl (C=O) groups is 1. The van der Waals surface area contributed by atoms with Gasteiger partial charge in [0.15, 0.2) is 11.6 Å². The van der Waals surface area contributed by atoms with Gasteiger partial charge in [-0.2, -0.15) is 0 Å². The molecule has 3 nitrogen and oxygen atoms in total. The molecule has 0 saturated carbocycles. The number of ketones is 1. The molecule has 3 rings (SSSR count). The normalized spacial score (nSPS) is 16.6. The quantitative estimate of drug-likeness (QED) is 0.785. The summed E-state index contributed by atoms with van der Waals surface area (Å²) in [7, 11) is 0. The average molecular weight is 298 g/mol.